The van der Waals surface area contributed by atoms with Crippen molar-refractivity contribution in [2.75, 3.05) is 26.2 Å². The van der Waals surface area contributed by atoms with E-state index in [1.165, 1.54) is 5.57 Å². The molecule has 2 aliphatic heterocycles. The van der Waals surface area contributed by atoms with E-state index in [1.807, 2.05) is 60.7 Å². The molecule has 0 bridgehead atoms. The first-order chi connectivity index (χ1) is 17.2. The summed E-state index contributed by atoms with van der Waals surface area (Å²) in [6.07, 6.45) is 12.6. The van der Waals surface area contributed by atoms with Crippen molar-refractivity contribution < 1.29 is 19.3 Å². The molecule has 2 N–H and O–H groups in total. The Morgan fingerprint density at radius 2 is 1.83 bits per heavy atom. The molecule has 2 aromatic rings. The van der Waals surface area contributed by atoms with Crippen molar-refractivity contribution in [3.8, 4) is 11.5 Å². The van der Waals surface area contributed by atoms with Crippen molar-refractivity contribution in [1.82, 2.24) is 10.6 Å². The van der Waals surface area contributed by atoms with Crippen molar-refractivity contribution in [3.05, 3.63) is 95.8 Å². The molecule has 1 amide bonds. The molecule has 1 aliphatic carbocycles. The maximum Gasteiger partial charge on any atom is 0.251 e. The molecule has 6 nitrogen and oxygen atoms in total. The van der Waals surface area contributed by atoms with E-state index in [0.717, 1.165) is 50.3 Å². The minimum atomic E-state index is -0.0522. The van der Waals surface area contributed by atoms with Crippen LogP contribution in [0.15, 0.2) is 90.2 Å². The highest BCUT2D eigenvalue weighted by Crippen LogP contribution is 2.43. The fourth-order valence-electron chi connectivity index (χ4n) is 5.21. The molecule has 1 atom stereocenters. The number of nitrogens with one attached hydrogen (secondary N) is 2. The maximum absolute atomic E-state index is 12.8. The van der Waals surface area contributed by atoms with Gasteiger partial charge < -0.3 is 20.3 Å². The van der Waals surface area contributed by atoms with Gasteiger partial charge in [0.25, 0.3) is 5.91 Å². The maximum atomic E-state index is 12.8. The minimum absolute atomic E-state index is 0.0522. The number of hydrogen-bond donors (Lipinski definition) is 2. The summed E-state index contributed by atoms with van der Waals surface area (Å²) in [6.45, 7) is 3.15. The summed E-state index contributed by atoms with van der Waals surface area (Å²) in [6, 6.07) is 16.9. The van der Waals surface area contributed by atoms with Crippen LogP contribution in [0.3, 0.4) is 0 Å². The number of carbonyl (C=O) groups is 1. The van der Waals surface area contributed by atoms with Crippen LogP contribution >= 0.6 is 0 Å². The summed E-state index contributed by atoms with van der Waals surface area (Å²) in [7, 11) is 0. The van der Waals surface area contributed by atoms with Crippen LogP contribution in [0.25, 0.3) is 0 Å². The molecule has 2 heterocycles. The SMILES string of the molecule is O=C(NCCC1(CC2C=CC=C3OOCC=C32)CCNCC1)c1ccc(Oc2ccccc2)cc1. The van der Waals surface area contributed by atoms with Crippen LogP contribution in [0.5, 0.6) is 11.5 Å². The van der Waals surface area contributed by atoms with Crippen molar-refractivity contribution >= 4 is 5.91 Å². The second kappa shape index (κ2) is 10.9. The predicted octanol–water partition coefficient (Wildman–Crippen LogP) is 5.32. The van der Waals surface area contributed by atoms with Crippen LogP contribution in [0, 0.1) is 11.3 Å². The Labute approximate surface area is 206 Å². The molecule has 1 unspecified atom stereocenters. The molecule has 2 aromatic carbocycles. The van der Waals surface area contributed by atoms with E-state index < -0.39 is 0 Å². The highest BCUT2D eigenvalue weighted by atomic mass is 17.2. The van der Waals surface area contributed by atoms with E-state index in [2.05, 4.69) is 28.9 Å². The number of ether oxygens (including phenoxy) is 1. The quantitative estimate of drug-likeness (QED) is 0.509. The first-order valence-corrected chi connectivity index (χ1v) is 12.4. The van der Waals surface area contributed by atoms with Crippen molar-refractivity contribution in [1.29, 1.82) is 0 Å². The largest absolute Gasteiger partial charge is 0.457 e. The summed E-state index contributed by atoms with van der Waals surface area (Å²) < 4.78 is 5.83. The van der Waals surface area contributed by atoms with Crippen molar-refractivity contribution in [2.45, 2.75) is 25.7 Å². The molecular formula is C29H32N2O4. The van der Waals surface area contributed by atoms with Gasteiger partial charge in [0.1, 0.15) is 18.1 Å². The standard InChI is InChI=1S/C29H32N2O4/c32-28(22-9-11-25(12-10-22)34-24-6-2-1-3-7-24)31-19-16-29(14-17-30-18-15-29)21-23-5-4-8-27-26(23)13-20-33-35-27/h1-13,23,30H,14-21H2,(H,31,32). The highest BCUT2D eigenvalue weighted by molar-refractivity contribution is 5.94. The molecule has 0 spiro atoms. The second-order valence-electron chi connectivity index (χ2n) is 9.45. The molecule has 5 rings (SSSR count). The summed E-state index contributed by atoms with van der Waals surface area (Å²) in [5.74, 6) is 2.56. The van der Waals surface area contributed by atoms with E-state index in [9.17, 15) is 4.79 Å². The highest BCUT2D eigenvalue weighted by Gasteiger charge is 2.36. The molecule has 0 saturated carbocycles. The van der Waals surface area contributed by atoms with Crippen molar-refractivity contribution in [2.24, 2.45) is 11.3 Å². The average Bonchev–Trinajstić information content (AvgIpc) is 2.90. The van der Waals surface area contributed by atoms with Gasteiger partial charge in [-0.15, -0.1) is 0 Å². The van der Waals surface area contributed by atoms with Gasteiger partial charge in [0.15, 0.2) is 5.76 Å². The molecule has 1 saturated heterocycles. The molecule has 1 fully saturated rings. The number of rotatable bonds is 8. The van der Waals surface area contributed by atoms with Gasteiger partial charge in [-0.05, 0) is 92.7 Å². The Hall–Kier alpha value is -3.35. The third-order valence-corrected chi connectivity index (χ3v) is 7.15. The molecule has 3 aliphatic rings. The number of carbonyl (C=O) groups excluding carboxylic acids is 1. The molecule has 182 valence electrons. The zero-order valence-corrected chi connectivity index (χ0v) is 19.9. The zero-order chi connectivity index (χ0) is 23.9. The molecule has 0 aromatic heterocycles. The lowest BCUT2D eigenvalue weighted by Gasteiger charge is -2.41. The van der Waals surface area contributed by atoms with Gasteiger partial charge >= 0.3 is 0 Å². The summed E-state index contributed by atoms with van der Waals surface area (Å²) in [5.41, 5.74) is 2.03. The summed E-state index contributed by atoms with van der Waals surface area (Å²) in [4.78, 5) is 23.3. The Morgan fingerprint density at radius 1 is 1.06 bits per heavy atom. The van der Waals surface area contributed by atoms with Gasteiger partial charge in [-0.2, -0.15) is 4.89 Å². The monoisotopic (exact) mass is 472 g/mol. The van der Waals surface area contributed by atoms with Crippen LogP contribution in [0.1, 0.15) is 36.0 Å². The molecule has 6 heteroatoms. The third-order valence-electron chi connectivity index (χ3n) is 7.15. The Bertz CT molecular complexity index is 1100. The van der Waals surface area contributed by atoms with Gasteiger partial charge in [-0.25, -0.2) is 0 Å². The Kier molecular flexibility index (Phi) is 7.31. The van der Waals surface area contributed by atoms with Crippen LogP contribution in [0.2, 0.25) is 0 Å². The normalized spacial score (nSPS) is 20.6. The molecule has 35 heavy (non-hydrogen) atoms. The predicted molar refractivity (Wildman–Crippen MR) is 135 cm³/mol. The number of para-hydroxylation sites is 1. The van der Waals surface area contributed by atoms with Crippen molar-refractivity contribution in [3.63, 3.8) is 0 Å². The van der Waals surface area contributed by atoms with Crippen LogP contribution < -0.4 is 15.4 Å². The van der Waals surface area contributed by atoms with E-state index in [1.54, 1.807) is 0 Å². The fraction of sp³-hybridized carbons (Fsp3) is 0.345. The minimum Gasteiger partial charge on any atom is -0.457 e. The summed E-state index contributed by atoms with van der Waals surface area (Å²) >= 11 is 0. The van der Waals surface area contributed by atoms with Crippen LogP contribution in [-0.4, -0.2) is 32.1 Å². The number of hydrogen-bond acceptors (Lipinski definition) is 5. The van der Waals surface area contributed by atoms with Gasteiger partial charge in [-0.3, -0.25) is 4.79 Å². The number of allylic oxidation sites excluding steroid dienone is 4. The number of amides is 1. The van der Waals surface area contributed by atoms with E-state index in [4.69, 9.17) is 14.5 Å². The molecular weight excluding hydrogens is 440 g/mol. The zero-order valence-electron chi connectivity index (χ0n) is 19.9. The first-order valence-electron chi connectivity index (χ1n) is 12.4. The topological polar surface area (TPSA) is 68.8 Å². The lowest BCUT2D eigenvalue weighted by atomic mass is 9.68. The smallest absolute Gasteiger partial charge is 0.251 e. The lowest BCUT2D eigenvalue weighted by Crippen LogP contribution is -2.40. The average molecular weight is 473 g/mol. The van der Waals surface area contributed by atoms with E-state index >= 15 is 0 Å². The first kappa shape index (κ1) is 23.4. The Balaban J connectivity index is 1.18. The van der Waals surface area contributed by atoms with Gasteiger partial charge in [-0.1, -0.05) is 30.4 Å². The number of fused-ring (bicyclic) bond motifs is 1. The summed E-state index contributed by atoms with van der Waals surface area (Å²) in [5, 5.41) is 6.64. The Morgan fingerprint density at radius 3 is 2.63 bits per heavy atom. The number of benzene rings is 2. The van der Waals surface area contributed by atoms with Gasteiger partial charge in [0.2, 0.25) is 0 Å². The lowest BCUT2D eigenvalue weighted by molar-refractivity contribution is -0.256. The second-order valence-corrected chi connectivity index (χ2v) is 9.45. The molecule has 0 radical (unpaired) electrons. The van der Waals surface area contributed by atoms with Crippen LogP contribution in [-0.2, 0) is 9.78 Å². The van der Waals surface area contributed by atoms with Crippen LogP contribution in [0.4, 0.5) is 0 Å². The fourth-order valence-corrected chi connectivity index (χ4v) is 5.21. The van der Waals surface area contributed by atoms with E-state index in [0.29, 0.717) is 30.4 Å². The van der Waals surface area contributed by atoms with E-state index in [-0.39, 0.29) is 11.3 Å². The number of piperidine rings is 1. The van der Waals surface area contributed by atoms with Gasteiger partial charge in [0, 0.05) is 23.6 Å². The third kappa shape index (κ3) is 5.84. The van der Waals surface area contributed by atoms with Gasteiger partial charge in [0.05, 0.1) is 0 Å².